The average Bonchev–Trinajstić information content (AvgIpc) is 3.07. The topological polar surface area (TPSA) is 53.9 Å². The highest BCUT2D eigenvalue weighted by Crippen LogP contribution is 2.29. The van der Waals surface area contributed by atoms with Crippen molar-refractivity contribution in [3.05, 3.63) is 33.4 Å². The lowest BCUT2D eigenvalue weighted by molar-refractivity contribution is 0.547. The zero-order valence-corrected chi connectivity index (χ0v) is 13.2. The highest BCUT2D eigenvalue weighted by molar-refractivity contribution is 7.11. The van der Waals surface area contributed by atoms with E-state index >= 15 is 0 Å². The van der Waals surface area contributed by atoms with Crippen molar-refractivity contribution >= 4 is 40.6 Å². The first kappa shape index (κ1) is 14.9. The number of nitrogens with one attached hydrogen (secondary N) is 1. The summed E-state index contributed by atoms with van der Waals surface area (Å²) in [5.41, 5.74) is 0.770. The van der Waals surface area contributed by atoms with E-state index < -0.39 is 5.95 Å². The molecule has 2 aromatic heterocycles. The Kier molecular flexibility index (Phi) is 4.54. The van der Waals surface area contributed by atoms with Crippen LogP contribution in [0.2, 0.25) is 9.36 Å². The molecule has 0 radical (unpaired) electrons. The van der Waals surface area contributed by atoms with Crippen LogP contribution in [0.4, 0.5) is 10.2 Å². The van der Waals surface area contributed by atoms with E-state index in [0.29, 0.717) is 27.8 Å². The van der Waals surface area contributed by atoms with Crippen LogP contribution in [0.15, 0.2) is 12.4 Å². The van der Waals surface area contributed by atoms with Gasteiger partial charge in [0.15, 0.2) is 0 Å². The van der Waals surface area contributed by atoms with Gasteiger partial charge in [0, 0.05) is 25.7 Å². The number of hydrogen-bond acceptors (Lipinski definition) is 6. The Bertz CT molecular complexity index is 621. The van der Waals surface area contributed by atoms with E-state index in [-0.39, 0.29) is 0 Å². The van der Waals surface area contributed by atoms with Crippen LogP contribution in [0.5, 0.6) is 0 Å². The maximum Gasteiger partial charge on any atom is 0.231 e. The van der Waals surface area contributed by atoms with Crippen LogP contribution in [-0.4, -0.2) is 33.5 Å². The molecule has 0 aliphatic carbocycles. The van der Waals surface area contributed by atoms with Crippen molar-refractivity contribution in [2.75, 3.05) is 18.0 Å². The summed E-state index contributed by atoms with van der Waals surface area (Å²) in [6, 6.07) is 0.299. The van der Waals surface area contributed by atoms with E-state index in [2.05, 4.69) is 24.6 Å². The average molecular weight is 348 g/mol. The van der Waals surface area contributed by atoms with Gasteiger partial charge in [0.25, 0.3) is 0 Å². The predicted molar refractivity (Wildman–Crippen MR) is 81.6 cm³/mol. The minimum Gasteiger partial charge on any atom is -0.354 e. The first-order valence-electron chi connectivity index (χ1n) is 6.39. The Morgan fingerprint density at radius 1 is 1.38 bits per heavy atom. The first-order chi connectivity index (χ1) is 10.1. The van der Waals surface area contributed by atoms with Gasteiger partial charge >= 0.3 is 0 Å². The molecule has 1 aliphatic heterocycles. The Morgan fingerprint density at radius 2 is 2.24 bits per heavy atom. The molecule has 3 heterocycles. The van der Waals surface area contributed by atoms with E-state index in [9.17, 15) is 4.39 Å². The van der Waals surface area contributed by atoms with Gasteiger partial charge in [-0.25, -0.2) is 9.97 Å². The summed E-state index contributed by atoms with van der Waals surface area (Å²) in [6.07, 6.45) is 3.55. The molecule has 1 atom stereocenters. The summed E-state index contributed by atoms with van der Waals surface area (Å²) < 4.78 is 17.5. The van der Waals surface area contributed by atoms with Crippen LogP contribution in [0, 0.1) is 5.95 Å². The van der Waals surface area contributed by atoms with Gasteiger partial charge < -0.3 is 10.2 Å². The monoisotopic (exact) mass is 347 g/mol. The van der Waals surface area contributed by atoms with Gasteiger partial charge in [0.2, 0.25) is 5.95 Å². The molecule has 0 bridgehead atoms. The van der Waals surface area contributed by atoms with Gasteiger partial charge in [-0.05, 0) is 18.0 Å². The highest BCUT2D eigenvalue weighted by atomic mass is 35.5. The molecule has 0 unspecified atom stereocenters. The van der Waals surface area contributed by atoms with Gasteiger partial charge in [-0.2, -0.15) is 8.76 Å². The summed E-state index contributed by atoms with van der Waals surface area (Å²) in [6.45, 7) is 2.22. The predicted octanol–water partition coefficient (Wildman–Crippen LogP) is 2.75. The second-order valence-corrected chi connectivity index (χ2v) is 6.48. The largest absolute Gasteiger partial charge is 0.354 e. The molecular weight excluding hydrogens is 336 g/mol. The van der Waals surface area contributed by atoms with Crippen LogP contribution >= 0.6 is 34.7 Å². The Labute approximate surface area is 135 Å². The van der Waals surface area contributed by atoms with E-state index in [1.54, 1.807) is 0 Å². The van der Waals surface area contributed by atoms with Crippen LogP contribution in [0.3, 0.4) is 0 Å². The van der Waals surface area contributed by atoms with Crippen molar-refractivity contribution in [3.63, 3.8) is 0 Å². The summed E-state index contributed by atoms with van der Waals surface area (Å²) >= 11 is 13.1. The lowest BCUT2D eigenvalue weighted by Crippen LogP contribution is -2.32. The van der Waals surface area contributed by atoms with Crippen molar-refractivity contribution in [2.45, 2.75) is 19.0 Å². The smallest absolute Gasteiger partial charge is 0.231 e. The second kappa shape index (κ2) is 6.39. The summed E-state index contributed by atoms with van der Waals surface area (Å²) in [4.78, 5) is 9.74. The molecule has 0 aromatic carbocycles. The van der Waals surface area contributed by atoms with Gasteiger partial charge in [0.05, 0.1) is 23.1 Å². The third-order valence-electron chi connectivity index (χ3n) is 3.34. The molecule has 1 N–H and O–H groups in total. The van der Waals surface area contributed by atoms with E-state index in [1.807, 2.05) is 0 Å². The van der Waals surface area contributed by atoms with E-state index in [0.717, 1.165) is 31.4 Å². The van der Waals surface area contributed by atoms with Crippen molar-refractivity contribution in [1.82, 2.24) is 19.7 Å². The van der Waals surface area contributed by atoms with Gasteiger partial charge in [-0.1, -0.05) is 23.2 Å². The molecule has 0 saturated carbocycles. The third kappa shape index (κ3) is 3.42. The third-order valence-corrected chi connectivity index (χ3v) is 5.03. The zero-order valence-electron chi connectivity index (χ0n) is 10.9. The maximum absolute atomic E-state index is 12.8. The molecule has 0 spiro atoms. The van der Waals surface area contributed by atoms with Crippen LogP contribution < -0.4 is 10.2 Å². The summed E-state index contributed by atoms with van der Waals surface area (Å²) in [7, 11) is 0. The van der Waals surface area contributed by atoms with Crippen molar-refractivity contribution < 1.29 is 4.39 Å². The fourth-order valence-corrected chi connectivity index (χ4v) is 3.26. The number of halogens is 3. The molecule has 112 valence electrons. The molecule has 1 saturated heterocycles. The second-order valence-electron chi connectivity index (χ2n) is 4.73. The Balaban J connectivity index is 1.55. The minimum absolute atomic E-state index is 0.299. The molecule has 1 aliphatic rings. The standard InChI is InChI=1S/C12H12Cl2FN5S/c13-11-8(19-21-12(11)14)3-16-7-1-2-20(6-7)10-5-17-9(15)4-18-10/h4-5,7,16H,1-3,6H2/t7-/m0/s1. The summed E-state index contributed by atoms with van der Waals surface area (Å²) in [5, 5.41) is 3.92. The molecule has 3 rings (SSSR count). The molecule has 21 heavy (non-hydrogen) atoms. The quantitative estimate of drug-likeness (QED) is 0.921. The lowest BCUT2D eigenvalue weighted by atomic mass is 10.2. The molecule has 5 nitrogen and oxygen atoms in total. The fourth-order valence-electron chi connectivity index (χ4n) is 2.24. The van der Waals surface area contributed by atoms with Crippen LogP contribution in [0.1, 0.15) is 12.1 Å². The lowest BCUT2D eigenvalue weighted by Gasteiger charge is -2.17. The number of anilines is 1. The summed E-state index contributed by atoms with van der Waals surface area (Å²) in [5.74, 6) is 0.123. The normalized spacial score (nSPS) is 18.4. The SMILES string of the molecule is Fc1cnc(N2CC[C@H](NCc3nsc(Cl)c3Cl)C2)cn1. The molecule has 9 heteroatoms. The van der Waals surface area contributed by atoms with Gasteiger partial charge in [0.1, 0.15) is 10.2 Å². The molecular formula is C12H12Cl2FN5S. The maximum atomic E-state index is 12.8. The van der Waals surface area contributed by atoms with E-state index in [1.165, 1.54) is 17.7 Å². The number of rotatable bonds is 4. The Morgan fingerprint density at radius 3 is 2.90 bits per heavy atom. The van der Waals surface area contributed by atoms with Crippen molar-refractivity contribution in [3.8, 4) is 0 Å². The number of hydrogen-bond donors (Lipinski definition) is 1. The number of nitrogens with zero attached hydrogens (tertiary/aromatic N) is 4. The van der Waals surface area contributed by atoms with Crippen molar-refractivity contribution in [2.24, 2.45) is 0 Å². The van der Waals surface area contributed by atoms with E-state index in [4.69, 9.17) is 23.2 Å². The zero-order chi connectivity index (χ0) is 14.8. The molecule has 1 fully saturated rings. The molecule has 0 amide bonds. The van der Waals surface area contributed by atoms with Gasteiger partial charge in [-0.15, -0.1) is 0 Å². The molecule has 2 aromatic rings. The van der Waals surface area contributed by atoms with Crippen molar-refractivity contribution in [1.29, 1.82) is 0 Å². The Hall–Kier alpha value is -1.02. The van der Waals surface area contributed by atoms with Gasteiger partial charge in [-0.3, -0.25) is 0 Å². The fraction of sp³-hybridized carbons (Fsp3) is 0.417. The van der Waals surface area contributed by atoms with Crippen LogP contribution in [0.25, 0.3) is 0 Å². The minimum atomic E-state index is -0.567. The number of aromatic nitrogens is 3. The highest BCUT2D eigenvalue weighted by Gasteiger charge is 2.24. The first-order valence-corrected chi connectivity index (χ1v) is 7.92. The van der Waals surface area contributed by atoms with Crippen LogP contribution in [-0.2, 0) is 6.54 Å².